The topological polar surface area (TPSA) is 77.8 Å². The number of nitrogens with zero attached hydrogens (tertiary/aromatic N) is 1. The molecule has 1 aromatic rings. The Hall–Kier alpha value is -1.84. The summed E-state index contributed by atoms with van der Waals surface area (Å²) >= 11 is 1.04. The maximum Gasteiger partial charge on any atom is 0.348 e. The highest BCUT2D eigenvalue weighted by Crippen LogP contribution is 2.36. The van der Waals surface area contributed by atoms with Crippen LogP contribution in [0.4, 0.5) is 5.69 Å². The van der Waals surface area contributed by atoms with E-state index < -0.39 is 11.6 Å². The Morgan fingerprint density at radius 2 is 1.89 bits per heavy atom. The van der Waals surface area contributed by atoms with Crippen molar-refractivity contribution >= 4 is 28.9 Å². The number of hydrogen-bond donors (Lipinski definition) is 2. The molecule has 0 bridgehead atoms. The predicted octanol–water partition coefficient (Wildman–Crippen LogP) is 4.53. The van der Waals surface area contributed by atoms with Gasteiger partial charge in [0.1, 0.15) is 10.5 Å². The van der Waals surface area contributed by atoms with E-state index in [1.54, 1.807) is 24.8 Å². The first-order valence-electron chi connectivity index (χ1n) is 9.99. The minimum Gasteiger partial charge on any atom is -0.477 e. The lowest BCUT2D eigenvalue weighted by Crippen LogP contribution is -2.42. The second-order valence-electron chi connectivity index (χ2n) is 8.37. The van der Waals surface area contributed by atoms with Crippen molar-refractivity contribution in [2.45, 2.75) is 78.4 Å². The van der Waals surface area contributed by atoms with Crippen LogP contribution in [0.3, 0.4) is 0 Å². The Kier molecular flexibility index (Phi) is 7.30. The third-order valence-corrected chi connectivity index (χ3v) is 6.21. The van der Waals surface area contributed by atoms with Gasteiger partial charge in [0, 0.05) is 12.0 Å². The zero-order valence-electron chi connectivity index (χ0n) is 17.4. The molecule has 0 spiro atoms. The lowest BCUT2D eigenvalue weighted by atomic mass is 9.80. The number of amides is 1. The molecule has 1 saturated carbocycles. The van der Waals surface area contributed by atoms with Gasteiger partial charge in [-0.2, -0.15) is 0 Å². The minimum absolute atomic E-state index is 0.00634. The van der Waals surface area contributed by atoms with E-state index in [0.717, 1.165) is 43.4 Å². The van der Waals surface area contributed by atoms with E-state index in [-0.39, 0.29) is 22.7 Å². The zero-order chi connectivity index (χ0) is 21.1. The summed E-state index contributed by atoms with van der Waals surface area (Å²) in [6.45, 7) is 9.14. The number of aliphatic hydroxyl groups is 1. The van der Waals surface area contributed by atoms with Crippen LogP contribution >= 0.6 is 11.3 Å². The number of carbonyl (C=O) groups excluding carboxylic acids is 1. The van der Waals surface area contributed by atoms with E-state index >= 15 is 0 Å². The fraction of sp³-hybridized carbons (Fsp3) is 0.636. The van der Waals surface area contributed by atoms with Gasteiger partial charge < -0.3 is 15.1 Å². The average molecular weight is 406 g/mol. The molecule has 2 rings (SSSR count). The molecule has 0 aliphatic heterocycles. The molecule has 0 unspecified atom stereocenters. The lowest BCUT2D eigenvalue weighted by Gasteiger charge is -2.34. The average Bonchev–Trinajstić information content (AvgIpc) is 3.03. The monoisotopic (exact) mass is 405 g/mol. The van der Waals surface area contributed by atoms with Crippen LogP contribution in [-0.4, -0.2) is 33.7 Å². The number of hydrogen-bond acceptors (Lipinski definition) is 4. The SMILES string of the molecule is CCC1CCC(C(=O)N(c2cc(C#CC(C)(C)O)sc2C(=O)O)C(C)C)CC1. The van der Waals surface area contributed by atoms with Gasteiger partial charge in [0.05, 0.1) is 10.6 Å². The summed E-state index contributed by atoms with van der Waals surface area (Å²) in [4.78, 5) is 27.4. The molecule has 0 saturated heterocycles. The Labute approximate surface area is 171 Å². The van der Waals surface area contributed by atoms with Crippen LogP contribution in [0.5, 0.6) is 0 Å². The zero-order valence-corrected chi connectivity index (χ0v) is 18.2. The second kappa shape index (κ2) is 9.11. The van der Waals surface area contributed by atoms with Crippen molar-refractivity contribution in [3.8, 4) is 11.8 Å². The normalized spacial score (nSPS) is 19.8. The molecule has 1 aliphatic carbocycles. The van der Waals surface area contributed by atoms with Crippen molar-refractivity contribution in [3.05, 3.63) is 15.8 Å². The number of carboxylic acids is 1. The molecule has 0 aromatic carbocycles. The summed E-state index contributed by atoms with van der Waals surface area (Å²) in [5, 5.41) is 19.5. The largest absolute Gasteiger partial charge is 0.477 e. The summed E-state index contributed by atoms with van der Waals surface area (Å²) in [6.07, 6.45) is 4.97. The molecule has 1 aromatic heterocycles. The van der Waals surface area contributed by atoms with Crippen molar-refractivity contribution < 1.29 is 19.8 Å². The smallest absolute Gasteiger partial charge is 0.348 e. The highest BCUT2D eigenvalue weighted by atomic mass is 32.1. The first-order valence-corrected chi connectivity index (χ1v) is 10.8. The minimum atomic E-state index is -1.17. The molecule has 1 aliphatic rings. The van der Waals surface area contributed by atoms with Gasteiger partial charge >= 0.3 is 5.97 Å². The number of carbonyl (C=O) groups is 2. The molecule has 0 radical (unpaired) electrons. The highest BCUT2D eigenvalue weighted by Gasteiger charge is 2.33. The fourth-order valence-electron chi connectivity index (χ4n) is 3.66. The summed E-state index contributed by atoms with van der Waals surface area (Å²) in [6, 6.07) is 1.52. The standard InChI is InChI=1S/C22H31NO4S/c1-6-15-7-9-16(10-8-15)20(24)23(14(2)3)18-13-17(11-12-22(4,5)27)28-19(18)21(25)26/h13-16,27H,6-10H2,1-5H3,(H,25,26). The van der Waals surface area contributed by atoms with Crippen molar-refractivity contribution in [3.63, 3.8) is 0 Å². The Balaban J connectivity index is 2.36. The van der Waals surface area contributed by atoms with Gasteiger partial charge in [-0.05, 0) is 65.4 Å². The first kappa shape index (κ1) is 22.4. The van der Waals surface area contributed by atoms with Crippen LogP contribution in [0.25, 0.3) is 0 Å². The molecular formula is C22H31NO4S. The van der Waals surface area contributed by atoms with Gasteiger partial charge in [-0.15, -0.1) is 11.3 Å². The number of thiophene rings is 1. The van der Waals surface area contributed by atoms with E-state index in [1.165, 1.54) is 0 Å². The summed E-state index contributed by atoms with van der Waals surface area (Å²) in [5.74, 6) is 5.13. The molecule has 1 heterocycles. The second-order valence-corrected chi connectivity index (χ2v) is 9.42. The lowest BCUT2D eigenvalue weighted by molar-refractivity contribution is -0.124. The van der Waals surface area contributed by atoms with Crippen LogP contribution in [0, 0.1) is 23.7 Å². The van der Waals surface area contributed by atoms with Gasteiger partial charge in [-0.3, -0.25) is 4.79 Å². The number of aromatic carboxylic acids is 1. The van der Waals surface area contributed by atoms with E-state index in [2.05, 4.69) is 18.8 Å². The van der Waals surface area contributed by atoms with Crippen LogP contribution in [0.15, 0.2) is 6.07 Å². The van der Waals surface area contributed by atoms with Crippen molar-refractivity contribution in [1.29, 1.82) is 0 Å². The molecule has 154 valence electrons. The molecule has 1 fully saturated rings. The molecule has 28 heavy (non-hydrogen) atoms. The quantitative estimate of drug-likeness (QED) is 0.706. The molecule has 6 heteroatoms. The maximum absolute atomic E-state index is 13.3. The van der Waals surface area contributed by atoms with Gasteiger partial charge in [-0.25, -0.2) is 4.79 Å². The molecule has 0 atom stereocenters. The van der Waals surface area contributed by atoms with E-state index in [9.17, 15) is 19.8 Å². The van der Waals surface area contributed by atoms with Crippen LogP contribution in [0.1, 0.15) is 81.3 Å². The first-order chi connectivity index (χ1) is 13.0. The molecule has 5 nitrogen and oxygen atoms in total. The van der Waals surface area contributed by atoms with E-state index in [4.69, 9.17) is 0 Å². The van der Waals surface area contributed by atoms with Crippen molar-refractivity contribution in [2.24, 2.45) is 11.8 Å². The van der Waals surface area contributed by atoms with E-state index in [0.29, 0.717) is 16.5 Å². The van der Waals surface area contributed by atoms with Crippen molar-refractivity contribution in [1.82, 2.24) is 0 Å². The van der Waals surface area contributed by atoms with Crippen LogP contribution in [0.2, 0.25) is 0 Å². The van der Waals surface area contributed by atoms with Crippen LogP contribution < -0.4 is 4.90 Å². The molecule has 1 amide bonds. The van der Waals surface area contributed by atoms with Gasteiger partial charge in [-0.1, -0.05) is 25.2 Å². The van der Waals surface area contributed by atoms with Gasteiger partial charge in [0.25, 0.3) is 0 Å². The summed E-state index contributed by atoms with van der Waals surface area (Å²) < 4.78 is 0. The number of anilines is 1. The van der Waals surface area contributed by atoms with E-state index in [1.807, 2.05) is 13.8 Å². The Morgan fingerprint density at radius 3 is 2.36 bits per heavy atom. The fourth-order valence-corrected chi connectivity index (χ4v) is 4.50. The summed E-state index contributed by atoms with van der Waals surface area (Å²) in [5.41, 5.74) is -0.755. The third kappa shape index (κ3) is 5.59. The summed E-state index contributed by atoms with van der Waals surface area (Å²) in [7, 11) is 0. The van der Waals surface area contributed by atoms with Gasteiger partial charge in [0.2, 0.25) is 5.91 Å². The number of carboxylic acid groups (broad SMARTS) is 1. The maximum atomic E-state index is 13.3. The highest BCUT2D eigenvalue weighted by molar-refractivity contribution is 7.15. The van der Waals surface area contributed by atoms with Gasteiger partial charge in [0.15, 0.2) is 0 Å². The Morgan fingerprint density at radius 1 is 1.29 bits per heavy atom. The van der Waals surface area contributed by atoms with Crippen LogP contribution in [-0.2, 0) is 4.79 Å². The van der Waals surface area contributed by atoms with Crippen molar-refractivity contribution in [2.75, 3.05) is 4.90 Å². The predicted molar refractivity (Wildman–Crippen MR) is 113 cm³/mol. The molecule has 2 N–H and O–H groups in total. The number of rotatable bonds is 5. The Bertz CT molecular complexity index is 771. The molecular weight excluding hydrogens is 374 g/mol. The third-order valence-electron chi connectivity index (χ3n) is 5.19.